The molecule has 7 nitrogen and oxygen atoms in total. The molecule has 0 bridgehead atoms. The van der Waals surface area contributed by atoms with Crippen LogP contribution < -0.4 is 21.3 Å². The fraction of sp³-hybridized carbons (Fsp3) is 0.118. The van der Waals surface area contributed by atoms with E-state index in [1.807, 2.05) is 0 Å². The molecular formula is C17H12F3N3O4S. The number of H-pyrrole nitrogens is 1. The van der Waals surface area contributed by atoms with Gasteiger partial charge in [-0.3, -0.25) is 14.2 Å². The monoisotopic (exact) mass is 411 g/mol. The number of aromatic amines is 1. The molecule has 0 aliphatic carbocycles. The van der Waals surface area contributed by atoms with Crippen molar-refractivity contribution in [1.29, 1.82) is 0 Å². The third-order valence-corrected chi connectivity index (χ3v) is 4.41. The van der Waals surface area contributed by atoms with E-state index in [1.54, 1.807) is 17.5 Å². The predicted octanol–water partition coefficient (Wildman–Crippen LogP) is 2.80. The summed E-state index contributed by atoms with van der Waals surface area (Å²) in [5.41, 5.74) is -1.61. The number of nitrogens with zero attached hydrogens (tertiary/aromatic N) is 1. The number of halogens is 3. The van der Waals surface area contributed by atoms with Crippen molar-refractivity contribution >= 4 is 22.9 Å². The molecule has 28 heavy (non-hydrogen) atoms. The van der Waals surface area contributed by atoms with Crippen LogP contribution in [0.4, 0.5) is 18.9 Å². The first-order valence-electron chi connectivity index (χ1n) is 7.75. The number of carbonyl (C=O) groups is 1. The minimum atomic E-state index is -4.83. The van der Waals surface area contributed by atoms with E-state index in [4.69, 9.17) is 0 Å². The minimum Gasteiger partial charge on any atom is -0.406 e. The highest BCUT2D eigenvalue weighted by Gasteiger charge is 2.31. The van der Waals surface area contributed by atoms with E-state index in [9.17, 15) is 27.6 Å². The average Bonchev–Trinajstić information content (AvgIpc) is 3.12. The summed E-state index contributed by atoms with van der Waals surface area (Å²) in [6, 6.07) is 7.93. The standard InChI is InChI=1S/C17H12F3N3O4S/c18-17(19,20)27-11-5-3-10(4-6-11)22-14(24)13-8-21-16(26)23(15(13)25)9-12-2-1-7-28-12/h1-8H,9H2,(H,21,26)(H,22,24). The van der Waals surface area contributed by atoms with Gasteiger partial charge in [-0.25, -0.2) is 4.79 Å². The minimum absolute atomic E-state index is 0.0103. The number of benzene rings is 1. The van der Waals surface area contributed by atoms with Crippen molar-refractivity contribution in [2.24, 2.45) is 0 Å². The molecule has 0 radical (unpaired) electrons. The predicted molar refractivity (Wildman–Crippen MR) is 95.8 cm³/mol. The van der Waals surface area contributed by atoms with Crippen LogP contribution in [-0.2, 0) is 6.54 Å². The van der Waals surface area contributed by atoms with Crippen molar-refractivity contribution < 1.29 is 22.7 Å². The largest absolute Gasteiger partial charge is 0.573 e. The van der Waals surface area contributed by atoms with Crippen LogP contribution in [0.5, 0.6) is 5.75 Å². The SMILES string of the molecule is O=C(Nc1ccc(OC(F)(F)F)cc1)c1c[nH]c(=O)n(Cc2cccs2)c1=O. The molecule has 0 fully saturated rings. The maximum atomic E-state index is 12.5. The lowest BCUT2D eigenvalue weighted by Gasteiger charge is -2.10. The smallest absolute Gasteiger partial charge is 0.406 e. The Hall–Kier alpha value is -3.34. The van der Waals surface area contributed by atoms with Gasteiger partial charge < -0.3 is 15.0 Å². The van der Waals surface area contributed by atoms with Crippen LogP contribution in [0.15, 0.2) is 57.6 Å². The number of anilines is 1. The van der Waals surface area contributed by atoms with Crippen LogP contribution in [0.1, 0.15) is 15.2 Å². The van der Waals surface area contributed by atoms with Gasteiger partial charge in [0.15, 0.2) is 0 Å². The molecule has 0 spiro atoms. The van der Waals surface area contributed by atoms with E-state index >= 15 is 0 Å². The van der Waals surface area contributed by atoms with E-state index in [2.05, 4.69) is 15.0 Å². The Labute approximate surface area is 159 Å². The highest BCUT2D eigenvalue weighted by molar-refractivity contribution is 7.09. The summed E-state index contributed by atoms with van der Waals surface area (Å²) in [6.45, 7) is 0.0103. The van der Waals surface area contributed by atoms with Crippen molar-refractivity contribution in [1.82, 2.24) is 9.55 Å². The molecule has 0 aliphatic heterocycles. The number of hydrogen-bond donors (Lipinski definition) is 2. The lowest BCUT2D eigenvalue weighted by atomic mass is 10.2. The highest BCUT2D eigenvalue weighted by atomic mass is 32.1. The highest BCUT2D eigenvalue weighted by Crippen LogP contribution is 2.24. The zero-order valence-electron chi connectivity index (χ0n) is 13.9. The molecule has 146 valence electrons. The van der Waals surface area contributed by atoms with Gasteiger partial charge in [0.25, 0.3) is 11.5 Å². The number of hydrogen-bond acceptors (Lipinski definition) is 5. The number of carbonyl (C=O) groups excluding carboxylic acids is 1. The Kier molecular flexibility index (Phi) is 5.36. The number of aromatic nitrogens is 2. The lowest BCUT2D eigenvalue weighted by Crippen LogP contribution is -2.39. The summed E-state index contributed by atoms with van der Waals surface area (Å²) in [5, 5.41) is 4.18. The molecule has 0 aliphatic rings. The molecule has 2 aromatic heterocycles. The van der Waals surface area contributed by atoms with Gasteiger partial charge in [0.1, 0.15) is 11.3 Å². The van der Waals surface area contributed by atoms with E-state index in [0.29, 0.717) is 0 Å². The molecule has 0 saturated carbocycles. The first-order chi connectivity index (χ1) is 13.2. The van der Waals surface area contributed by atoms with Gasteiger partial charge in [0.2, 0.25) is 0 Å². The normalized spacial score (nSPS) is 11.2. The third-order valence-electron chi connectivity index (χ3n) is 3.55. The summed E-state index contributed by atoms with van der Waals surface area (Å²) < 4.78 is 41.1. The lowest BCUT2D eigenvalue weighted by molar-refractivity contribution is -0.274. The van der Waals surface area contributed by atoms with Crippen LogP contribution in [0.2, 0.25) is 0 Å². The van der Waals surface area contributed by atoms with Gasteiger partial charge in [-0.1, -0.05) is 6.07 Å². The van der Waals surface area contributed by atoms with Gasteiger partial charge in [-0.05, 0) is 35.7 Å². The first kappa shape index (κ1) is 19.4. The van der Waals surface area contributed by atoms with Crippen molar-refractivity contribution in [2.75, 3.05) is 5.32 Å². The molecule has 3 aromatic rings. The van der Waals surface area contributed by atoms with Gasteiger partial charge >= 0.3 is 12.1 Å². The summed E-state index contributed by atoms with van der Waals surface area (Å²) >= 11 is 1.35. The van der Waals surface area contributed by atoms with E-state index in [-0.39, 0.29) is 17.8 Å². The zero-order valence-corrected chi connectivity index (χ0v) is 14.8. The summed E-state index contributed by atoms with van der Waals surface area (Å²) in [4.78, 5) is 39.9. The van der Waals surface area contributed by atoms with Crippen LogP contribution >= 0.6 is 11.3 Å². The van der Waals surface area contributed by atoms with Crippen LogP contribution in [-0.4, -0.2) is 21.8 Å². The molecule has 0 saturated heterocycles. The van der Waals surface area contributed by atoms with Crippen LogP contribution in [0.25, 0.3) is 0 Å². The second kappa shape index (κ2) is 7.72. The molecule has 2 N–H and O–H groups in total. The number of nitrogens with one attached hydrogen (secondary N) is 2. The Morgan fingerprint density at radius 1 is 1.18 bits per heavy atom. The van der Waals surface area contributed by atoms with Gasteiger partial charge in [-0.2, -0.15) is 0 Å². The molecule has 0 atom stereocenters. The average molecular weight is 411 g/mol. The van der Waals surface area contributed by atoms with E-state index < -0.39 is 29.3 Å². The van der Waals surface area contributed by atoms with E-state index in [1.165, 1.54) is 23.5 Å². The number of ether oxygens (including phenoxy) is 1. The Balaban J connectivity index is 1.79. The summed E-state index contributed by atoms with van der Waals surface area (Å²) in [7, 11) is 0. The second-order valence-electron chi connectivity index (χ2n) is 5.50. The Bertz CT molecular complexity index is 1090. The summed E-state index contributed by atoms with van der Waals surface area (Å²) in [5.74, 6) is -1.27. The maximum Gasteiger partial charge on any atom is 0.573 e. The Morgan fingerprint density at radius 3 is 2.50 bits per heavy atom. The molecule has 3 rings (SSSR count). The Morgan fingerprint density at radius 2 is 1.89 bits per heavy atom. The fourth-order valence-corrected chi connectivity index (χ4v) is 3.01. The van der Waals surface area contributed by atoms with Gasteiger partial charge in [-0.15, -0.1) is 24.5 Å². The van der Waals surface area contributed by atoms with Crippen molar-refractivity contribution in [3.8, 4) is 5.75 Å². The summed E-state index contributed by atoms with van der Waals surface area (Å²) in [6.07, 6.45) is -3.83. The van der Waals surface area contributed by atoms with Gasteiger partial charge in [0, 0.05) is 16.8 Å². The van der Waals surface area contributed by atoms with Crippen molar-refractivity contribution in [3.63, 3.8) is 0 Å². The number of amides is 1. The number of alkyl halides is 3. The fourth-order valence-electron chi connectivity index (χ4n) is 2.31. The van der Waals surface area contributed by atoms with Gasteiger partial charge in [0.05, 0.1) is 6.54 Å². The van der Waals surface area contributed by atoms with Crippen molar-refractivity contribution in [2.45, 2.75) is 12.9 Å². The molecular weight excluding hydrogens is 399 g/mol. The number of rotatable bonds is 5. The van der Waals surface area contributed by atoms with Crippen LogP contribution in [0, 0.1) is 0 Å². The van der Waals surface area contributed by atoms with Crippen molar-refractivity contribution in [3.05, 3.63) is 79.3 Å². The molecule has 2 heterocycles. The third kappa shape index (κ3) is 4.68. The molecule has 11 heteroatoms. The molecule has 0 unspecified atom stereocenters. The zero-order chi connectivity index (χ0) is 20.3. The van der Waals surface area contributed by atoms with Crippen LogP contribution in [0.3, 0.4) is 0 Å². The first-order valence-corrected chi connectivity index (χ1v) is 8.63. The quantitative estimate of drug-likeness (QED) is 0.675. The molecule has 1 aromatic carbocycles. The van der Waals surface area contributed by atoms with E-state index in [0.717, 1.165) is 27.8 Å². The maximum absolute atomic E-state index is 12.5. The molecule has 1 amide bonds. The second-order valence-corrected chi connectivity index (χ2v) is 6.54. The number of thiophene rings is 1. The topological polar surface area (TPSA) is 93.2 Å².